The lowest BCUT2D eigenvalue weighted by atomic mass is 9.89. The van der Waals surface area contributed by atoms with Crippen LogP contribution >= 0.6 is 12.2 Å². The Labute approximate surface area is 183 Å². The van der Waals surface area contributed by atoms with Crippen LogP contribution in [0.25, 0.3) is 0 Å². The monoisotopic (exact) mass is 423 g/mol. The van der Waals surface area contributed by atoms with Gasteiger partial charge >= 0.3 is 0 Å². The average molecular weight is 424 g/mol. The third-order valence-corrected chi connectivity index (χ3v) is 5.97. The number of ether oxygens (including phenoxy) is 1. The highest BCUT2D eigenvalue weighted by Gasteiger charge is 2.34. The van der Waals surface area contributed by atoms with Crippen LogP contribution in [-0.4, -0.2) is 23.2 Å². The lowest BCUT2D eigenvalue weighted by Crippen LogP contribution is -2.42. The van der Waals surface area contributed by atoms with Crippen LogP contribution in [0.3, 0.4) is 0 Å². The van der Waals surface area contributed by atoms with Crippen molar-refractivity contribution in [1.82, 2.24) is 5.32 Å². The number of benzene rings is 2. The molecule has 2 aliphatic rings. The van der Waals surface area contributed by atoms with Gasteiger partial charge in [0, 0.05) is 36.3 Å². The van der Waals surface area contributed by atoms with Crippen LogP contribution in [0.2, 0.25) is 0 Å². The zero-order chi connectivity index (χ0) is 21.5. The van der Waals surface area contributed by atoms with Crippen molar-refractivity contribution in [2.24, 2.45) is 0 Å². The number of hydrogen-bond donors (Lipinski definition) is 2. The second kappa shape index (κ2) is 7.91. The summed E-state index contributed by atoms with van der Waals surface area (Å²) in [7, 11) is 0. The molecule has 2 aromatic rings. The number of aryl methyl sites for hydroxylation is 2. The van der Waals surface area contributed by atoms with E-state index >= 15 is 0 Å². The number of thiocarbonyl (C=S) groups is 1. The number of rotatable bonds is 3. The van der Waals surface area contributed by atoms with Gasteiger partial charge in [-0.1, -0.05) is 12.1 Å². The number of fused-ring (bicyclic) bond motifs is 1. The Hall–Kier alpha value is -2.60. The standard InChI is InChI=1S/C24H29N3O2S/c1-15-7-9-18-19(14-24(3,4)29-21(18)12-15)26-23(30)25-17-8-10-20(16(2)13-17)27-11-5-6-22(27)28/h7-10,12-13,19H,5-6,11,14H2,1-4H3,(H2,25,26,30). The van der Waals surface area contributed by atoms with Crippen molar-refractivity contribution >= 4 is 34.6 Å². The maximum absolute atomic E-state index is 12.1. The van der Waals surface area contributed by atoms with E-state index in [4.69, 9.17) is 17.0 Å². The summed E-state index contributed by atoms with van der Waals surface area (Å²) in [5, 5.41) is 7.35. The van der Waals surface area contributed by atoms with Crippen LogP contribution in [0.15, 0.2) is 36.4 Å². The number of nitrogens with zero attached hydrogens (tertiary/aromatic N) is 1. The lowest BCUT2D eigenvalue weighted by Gasteiger charge is -2.38. The second-order valence-electron chi connectivity index (χ2n) is 8.91. The smallest absolute Gasteiger partial charge is 0.227 e. The molecule has 0 radical (unpaired) electrons. The maximum Gasteiger partial charge on any atom is 0.227 e. The van der Waals surface area contributed by atoms with Crippen LogP contribution in [-0.2, 0) is 4.79 Å². The summed E-state index contributed by atoms with van der Waals surface area (Å²) in [6, 6.07) is 12.4. The molecule has 1 atom stereocenters. The molecule has 4 rings (SSSR count). The molecule has 158 valence electrons. The van der Waals surface area contributed by atoms with E-state index in [1.807, 2.05) is 30.0 Å². The summed E-state index contributed by atoms with van der Waals surface area (Å²) in [6.45, 7) is 9.10. The van der Waals surface area contributed by atoms with Crippen molar-refractivity contribution in [3.05, 3.63) is 53.1 Å². The first-order chi connectivity index (χ1) is 14.2. The van der Waals surface area contributed by atoms with Crippen LogP contribution < -0.4 is 20.3 Å². The molecule has 1 saturated heterocycles. The van der Waals surface area contributed by atoms with Crippen LogP contribution in [0.1, 0.15) is 55.8 Å². The SMILES string of the molecule is Cc1ccc2c(c1)OC(C)(C)CC2NC(=S)Nc1ccc(N2CCCC2=O)c(C)c1. The van der Waals surface area contributed by atoms with Crippen molar-refractivity contribution in [3.8, 4) is 5.75 Å². The van der Waals surface area contributed by atoms with Crippen molar-refractivity contribution in [1.29, 1.82) is 0 Å². The molecular weight excluding hydrogens is 394 g/mol. The molecular formula is C24H29N3O2S. The molecule has 0 aromatic heterocycles. The largest absolute Gasteiger partial charge is 0.487 e. The van der Waals surface area contributed by atoms with Gasteiger partial charge in [0.25, 0.3) is 0 Å². The summed E-state index contributed by atoms with van der Waals surface area (Å²) in [6.07, 6.45) is 2.38. The van der Waals surface area contributed by atoms with Gasteiger partial charge in [-0.15, -0.1) is 0 Å². The highest BCUT2D eigenvalue weighted by molar-refractivity contribution is 7.80. The van der Waals surface area contributed by atoms with Gasteiger partial charge < -0.3 is 20.3 Å². The van der Waals surface area contributed by atoms with E-state index < -0.39 is 0 Å². The molecule has 5 nitrogen and oxygen atoms in total. The van der Waals surface area contributed by atoms with Crippen LogP contribution in [0.4, 0.5) is 11.4 Å². The average Bonchev–Trinajstić information content (AvgIpc) is 3.06. The fourth-order valence-electron chi connectivity index (χ4n) is 4.35. The summed E-state index contributed by atoms with van der Waals surface area (Å²) in [5.41, 5.74) is 5.00. The molecule has 30 heavy (non-hydrogen) atoms. The van der Waals surface area contributed by atoms with Crippen molar-refractivity contribution in [3.63, 3.8) is 0 Å². The van der Waals surface area contributed by atoms with E-state index in [0.717, 1.165) is 47.6 Å². The highest BCUT2D eigenvalue weighted by atomic mass is 32.1. The topological polar surface area (TPSA) is 53.6 Å². The molecule has 0 saturated carbocycles. The summed E-state index contributed by atoms with van der Waals surface area (Å²) >= 11 is 5.62. The molecule has 2 heterocycles. The van der Waals surface area contributed by atoms with Gasteiger partial charge in [-0.25, -0.2) is 0 Å². The third kappa shape index (κ3) is 4.29. The van der Waals surface area contributed by atoms with Crippen molar-refractivity contribution in [2.45, 2.75) is 58.6 Å². The maximum atomic E-state index is 12.1. The van der Waals surface area contributed by atoms with E-state index in [2.05, 4.69) is 49.6 Å². The Morgan fingerprint density at radius 3 is 2.70 bits per heavy atom. The number of carbonyl (C=O) groups is 1. The quantitative estimate of drug-likeness (QED) is 0.679. The predicted octanol–water partition coefficient (Wildman–Crippen LogP) is 5.02. The van der Waals surface area contributed by atoms with Gasteiger partial charge in [-0.3, -0.25) is 4.79 Å². The van der Waals surface area contributed by atoms with Gasteiger partial charge in [0.15, 0.2) is 5.11 Å². The molecule has 0 spiro atoms. The van der Waals surface area contributed by atoms with Gasteiger partial charge in [0.2, 0.25) is 5.91 Å². The minimum Gasteiger partial charge on any atom is -0.487 e. The van der Waals surface area contributed by atoms with Gasteiger partial charge in [-0.05, 0) is 81.7 Å². The van der Waals surface area contributed by atoms with Crippen LogP contribution in [0, 0.1) is 13.8 Å². The summed E-state index contributed by atoms with van der Waals surface area (Å²) < 4.78 is 6.18. The fraction of sp³-hybridized carbons (Fsp3) is 0.417. The lowest BCUT2D eigenvalue weighted by molar-refractivity contribution is -0.117. The first-order valence-corrected chi connectivity index (χ1v) is 10.9. The predicted molar refractivity (Wildman–Crippen MR) is 125 cm³/mol. The number of anilines is 2. The zero-order valence-corrected chi connectivity index (χ0v) is 18.9. The minimum atomic E-state index is -0.269. The number of nitrogens with one attached hydrogen (secondary N) is 2. The fourth-order valence-corrected chi connectivity index (χ4v) is 4.61. The number of hydrogen-bond acceptors (Lipinski definition) is 3. The number of carbonyl (C=O) groups excluding carboxylic acids is 1. The van der Waals surface area contributed by atoms with Gasteiger partial charge in [0.1, 0.15) is 11.4 Å². The second-order valence-corrected chi connectivity index (χ2v) is 9.32. The molecule has 2 N–H and O–H groups in total. The molecule has 1 amide bonds. The van der Waals surface area contributed by atoms with E-state index in [9.17, 15) is 4.79 Å². The Kier molecular flexibility index (Phi) is 5.45. The number of amides is 1. The normalized spacial score (nSPS) is 19.8. The van der Waals surface area contributed by atoms with E-state index in [1.165, 1.54) is 5.56 Å². The summed E-state index contributed by atoms with van der Waals surface area (Å²) in [4.78, 5) is 13.9. The first-order valence-electron chi connectivity index (χ1n) is 10.5. The molecule has 1 unspecified atom stereocenters. The minimum absolute atomic E-state index is 0.0759. The molecule has 2 aromatic carbocycles. The van der Waals surface area contributed by atoms with Crippen LogP contribution in [0.5, 0.6) is 5.75 Å². The zero-order valence-electron chi connectivity index (χ0n) is 18.0. The molecule has 2 aliphatic heterocycles. The molecule has 6 heteroatoms. The first kappa shape index (κ1) is 20.7. The van der Waals surface area contributed by atoms with Gasteiger partial charge in [0.05, 0.1) is 6.04 Å². The third-order valence-electron chi connectivity index (χ3n) is 5.75. The summed E-state index contributed by atoms with van der Waals surface area (Å²) in [5.74, 6) is 1.12. The van der Waals surface area contributed by atoms with E-state index in [1.54, 1.807) is 0 Å². The Bertz CT molecular complexity index is 1000. The molecule has 0 bridgehead atoms. The van der Waals surface area contributed by atoms with Crippen molar-refractivity contribution < 1.29 is 9.53 Å². The Morgan fingerprint density at radius 2 is 2.00 bits per heavy atom. The van der Waals surface area contributed by atoms with E-state index in [0.29, 0.717) is 11.5 Å². The Morgan fingerprint density at radius 1 is 1.20 bits per heavy atom. The van der Waals surface area contributed by atoms with Crippen molar-refractivity contribution in [2.75, 3.05) is 16.8 Å². The Balaban J connectivity index is 1.47. The molecule has 0 aliphatic carbocycles. The molecule has 1 fully saturated rings. The highest BCUT2D eigenvalue weighted by Crippen LogP contribution is 2.40. The van der Waals surface area contributed by atoms with Gasteiger partial charge in [-0.2, -0.15) is 0 Å². The van der Waals surface area contributed by atoms with E-state index in [-0.39, 0.29) is 17.6 Å².